The SMILES string of the molecule is O=C(NO)c1cccc(S(=O)(=O)N[C@H](C(=O)NCc2ccccc2)c2ccccc2)c1. The first-order valence-corrected chi connectivity index (χ1v) is 10.8. The van der Waals surface area contributed by atoms with Crippen LogP contribution >= 0.6 is 0 Å². The standard InChI is InChI=1S/C22H21N3O5S/c26-21(24-28)18-12-7-13-19(14-18)31(29,30)25-20(17-10-5-2-6-11-17)22(27)23-15-16-8-3-1-4-9-16/h1-14,20,25,28H,15H2,(H,23,27)(H,24,26)/t20-/m0/s1. The maximum atomic E-state index is 13.0. The molecule has 160 valence electrons. The van der Waals surface area contributed by atoms with Crippen LogP contribution < -0.4 is 15.5 Å². The van der Waals surface area contributed by atoms with Gasteiger partial charge in [-0.1, -0.05) is 66.7 Å². The van der Waals surface area contributed by atoms with E-state index in [1.807, 2.05) is 30.3 Å². The number of carbonyl (C=O) groups excluding carboxylic acids is 2. The van der Waals surface area contributed by atoms with Gasteiger partial charge in [-0.2, -0.15) is 4.72 Å². The fourth-order valence-electron chi connectivity index (χ4n) is 2.90. The number of carbonyl (C=O) groups is 2. The van der Waals surface area contributed by atoms with Crippen LogP contribution in [0.25, 0.3) is 0 Å². The maximum Gasteiger partial charge on any atom is 0.274 e. The highest BCUT2D eigenvalue weighted by atomic mass is 32.2. The number of benzene rings is 3. The van der Waals surface area contributed by atoms with Crippen molar-refractivity contribution in [3.8, 4) is 0 Å². The summed E-state index contributed by atoms with van der Waals surface area (Å²) in [7, 11) is -4.17. The van der Waals surface area contributed by atoms with Crippen LogP contribution in [0.4, 0.5) is 0 Å². The molecule has 8 nitrogen and oxygen atoms in total. The number of amides is 2. The maximum absolute atomic E-state index is 13.0. The van der Waals surface area contributed by atoms with Gasteiger partial charge in [-0.3, -0.25) is 14.8 Å². The number of sulfonamides is 1. The van der Waals surface area contributed by atoms with E-state index in [1.54, 1.807) is 30.3 Å². The number of hydrogen-bond acceptors (Lipinski definition) is 5. The Bertz CT molecular complexity index is 1150. The second-order valence-corrected chi connectivity index (χ2v) is 8.35. The van der Waals surface area contributed by atoms with Crippen LogP contribution in [0, 0.1) is 0 Å². The molecule has 0 aliphatic rings. The molecule has 31 heavy (non-hydrogen) atoms. The van der Waals surface area contributed by atoms with Gasteiger partial charge in [-0.25, -0.2) is 13.9 Å². The smallest absolute Gasteiger partial charge is 0.274 e. The molecule has 0 spiro atoms. The van der Waals surface area contributed by atoms with E-state index in [1.165, 1.54) is 23.7 Å². The van der Waals surface area contributed by atoms with Gasteiger partial charge in [0, 0.05) is 12.1 Å². The van der Waals surface area contributed by atoms with Crippen molar-refractivity contribution in [3.63, 3.8) is 0 Å². The second-order valence-electron chi connectivity index (χ2n) is 6.64. The summed E-state index contributed by atoms with van der Waals surface area (Å²) < 4.78 is 28.4. The predicted octanol–water partition coefficient (Wildman–Crippen LogP) is 2.14. The van der Waals surface area contributed by atoms with Crippen molar-refractivity contribution in [2.24, 2.45) is 0 Å². The molecular formula is C22H21N3O5S. The van der Waals surface area contributed by atoms with Gasteiger partial charge in [-0.05, 0) is 29.3 Å². The van der Waals surface area contributed by atoms with E-state index in [2.05, 4.69) is 10.0 Å². The van der Waals surface area contributed by atoms with Crippen molar-refractivity contribution in [3.05, 3.63) is 102 Å². The zero-order valence-corrected chi connectivity index (χ0v) is 17.2. The van der Waals surface area contributed by atoms with Gasteiger partial charge in [0.2, 0.25) is 15.9 Å². The van der Waals surface area contributed by atoms with Crippen molar-refractivity contribution in [2.75, 3.05) is 0 Å². The van der Waals surface area contributed by atoms with Crippen molar-refractivity contribution < 1.29 is 23.2 Å². The van der Waals surface area contributed by atoms with Crippen LogP contribution in [0.3, 0.4) is 0 Å². The molecule has 0 aliphatic heterocycles. The zero-order chi connectivity index (χ0) is 22.3. The number of hydroxylamine groups is 1. The Morgan fingerprint density at radius 2 is 1.52 bits per heavy atom. The molecule has 0 fully saturated rings. The summed E-state index contributed by atoms with van der Waals surface area (Å²) in [5.41, 5.74) is 2.74. The molecule has 1 atom stereocenters. The van der Waals surface area contributed by atoms with Crippen LogP contribution in [-0.2, 0) is 21.4 Å². The van der Waals surface area contributed by atoms with Gasteiger partial charge in [-0.15, -0.1) is 0 Å². The molecule has 3 aromatic rings. The lowest BCUT2D eigenvalue weighted by molar-refractivity contribution is -0.123. The Morgan fingerprint density at radius 3 is 2.16 bits per heavy atom. The summed E-state index contributed by atoms with van der Waals surface area (Å²) >= 11 is 0. The van der Waals surface area contributed by atoms with E-state index < -0.39 is 27.9 Å². The molecule has 0 aromatic heterocycles. The Hall–Kier alpha value is -3.53. The molecule has 9 heteroatoms. The molecule has 0 radical (unpaired) electrons. The van der Waals surface area contributed by atoms with E-state index >= 15 is 0 Å². The Labute approximate surface area is 179 Å². The van der Waals surface area contributed by atoms with Crippen molar-refractivity contribution in [1.29, 1.82) is 0 Å². The highest BCUT2D eigenvalue weighted by molar-refractivity contribution is 7.89. The number of hydrogen-bond donors (Lipinski definition) is 4. The summed E-state index contributed by atoms with van der Waals surface area (Å²) in [5.74, 6) is -1.37. The molecule has 3 aromatic carbocycles. The van der Waals surface area contributed by atoms with E-state index in [0.717, 1.165) is 11.6 Å². The normalized spacial score (nSPS) is 12.0. The van der Waals surface area contributed by atoms with Crippen molar-refractivity contribution in [1.82, 2.24) is 15.5 Å². The average Bonchev–Trinajstić information content (AvgIpc) is 2.82. The molecule has 0 heterocycles. The Kier molecular flexibility index (Phi) is 7.14. The van der Waals surface area contributed by atoms with E-state index in [9.17, 15) is 18.0 Å². The molecule has 0 unspecified atom stereocenters. The monoisotopic (exact) mass is 439 g/mol. The van der Waals surface area contributed by atoms with E-state index in [4.69, 9.17) is 5.21 Å². The number of rotatable bonds is 8. The van der Waals surface area contributed by atoms with Crippen molar-refractivity contribution >= 4 is 21.8 Å². The minimum atomic E-state index is -4.17. The fourth-order valence-corrected chi connectivity index (χ4v) is 4.13. The quantitative estimate of drug-likeness (QED) is 0.316. The van der Waals surface area contributed by atoms with Crippen LogP contribution in [0.5, 0.6) is 0 Å². The topological polar surface area (TPSA) is 125 Å². The van der Waals surface area contributed by atoms with Gasteiger partial charge in [0.15, 0.2) is 0 Å². The van der Waals surface area contributed by atoms with Gasteiger partial charge >= 0.3 is 0 Å². The molecule has 2 amide bonds. The van der Waals surface area contributed by atoms with Gasteiger partial charge < -0.3 is 5.32 Å². The van der Waals surface area contributed by atoms with E-state index in [-0.39, 0.29) is 17.0 Å². The highest BCUT2D eigenvalue weighted by Crippen LogP contribution is 2.19. The van der Waals surface area contributed by atoms with Gasteiger partial charge in [0.25, 0.3) is 5.91 Å². The van der Waals surface area contributed by atoms with Crippen LogP contribution in [0.1, 0.15) is 27.5 Å². The predicted molar refractivity (Wildman–Crippen MR) is 113 cm³/mol. The highest BCUT2D eigenvalue weighted by Gasteiger charge is 2.27. The van der Waals surface area contributed by atoms with Gasteiger partial charge in [0.1, 0.15) is 6.04 Å². The minimum absolute atomic E-state index is 0.0461. The third-order valence-electron chi connectivity index (χ3n) is 4.49. The van der Waals surface area contributed by atoms with E-state index in [0.29, 0.717) is 5.56 Å². The summed E-state index contributed by atoms with van der Waals surface area (Å²) in [6.45, 7) is 0.233. The first kappa shape index (κ1) is 22.2. The van der Waals surface area contributed by atoms with Crippen LogP contribution in [-0.4, -0.2) is 25.4 Å². The average molecular weight is 439 g/mol. The summed E-state index contributed by atoms with van der Waals surface area (Å²) in [4.78, 5) is 24.3. The summed E-state index contributed by atoms with van der Waals surface area (Å²) in [6.07, 6.45) is 0. The third kappa shape index (κ3) is 5.76. The Morgan fingerprint density at radius 1 is 0.871 bits per heavy atom. The molecule has 0 saturated heterocycles. The lowest BCUT2D eigenvalue weighted by Gasteiger charge is -2.19. The molecule has 0 bridgehead atoms. The minimum Gasteiger partial charge on any atom is -0.350 e. The van der Waals surface area contributed by atoms with Gasteiger partial charge in [0.05, 0.1) is 4.90 Å². The second kappa shape index (κ2) is 9.98. The first-order valence-electron chi connectivity index (χ1n) is 9.34. The lowest BCUT2D eigenvalue weighted by atomic mass is 10.1. The lowest BCUT2D eigenvalue weighted by Crippen LogP contribution is -2.40. The third-order valence-corrected chi connectivity index (χ3v) is 5.91. The molecule has 0 aliphatic carbocycles. The summed E-state index contributed by atoms with van der Waals surface area (Å²) in [6, 6.07) is 21.6. The zero-order valence-electron chi connectivity index (χ0n) is 16.4. The van der Waals surface area contributed by atoms with Crippen molar-refractivity contribution in [2.45, 2.75) is 17.5 Å². The van der Waals surface area contributed by atoms with Crippen LogP contribution in [0.15, 0.2) is 89.8 Å². The largest absolute Gasteiger partial charge is 0.350 e. The molecule has 3 rings (SSSR count). The Balaban J connectivity index is 1.86. The molecule has 4 N–H and O–H groups in total. The molecule has 0 saturated carbocycles. The number of nitrogens with one attached hydrogen (secondary N) is 3. The van der Waals surface area contributed by atoms with Crippen LogP contribution in [0.2, 0.25) is 0 Å². The molecular weight excluding hydrogens is 418 g/mol. The first-order chi connectivity index (χ1) is 14.9. The summed E-state index contributed by atoms with van der Waals surface area (Å²) in [5, 5.41) is 11.5. The fraction of sp³-hybridized carbons (Fsp3) is 0.0909.